The van der Waals surface area contributed by atoms with Crippen LogP contribution in [-0.2, 0) is 9.53 Å². The zero-order valence-electron chi connectivity index (χ0n) is 10.1. The summed E-state index contributed by atoms with van der Waals surface area (Å²) in [5, 5.41) is 3.33. The molecule has 1 saturated carbocycles. The number of esters is 1. The lowest BCUT2D eigenvalue weighted by atomic mass is 9.97. The van der Waals surface area contributed by atoms with Gasteiger partial charge in [-0.3, -0.25) is 4.79 Å². The summed E-state index contributed by atoms with van der Waals surface area (Å²) in [7, 11) is 0. The fraction of sp³-hybridized carbons (Fsp3) is 0.917. The van der Waals surface area contributed by atoms with E-state index in [1.165, 1.54) is 12.8 Å². The van der Waals surface area contributed by atoms with Crippen LogP contribution < -0.4 is 5.32 Å². The van der Waals surface area contributed by atoms with Crippen molar-refractivity contribution >= 4 is 5.97 Å². The summed E-state index contributed by atoms with van der Waals surface area (Å²) in [5.74, 6) is 0.407. The minimum Gasteiger partial charge on any atom is -0.465 e. The molecule has 88 valence electrons. The van der Waals surface area contributed by atoms with Crippen molar-refractivity contribution in [2.24, 2.45) is 5.92 Å². The van der Waals surface area contributed by atoms with E-state index < -0.39 is 0 Å². The Morgan fingerprint density at radius 2 is 2.00 bits per heavy atom. The maximum atomic E-state index is 11.8. The molecule has 3 nitrogen and oxygen atoms in total. The summed E-state index contributed by atoms with van der Waals surface area (Å²) in [5.41, 5.74) is 0. The van der Waals surface area contributed by atoms with Crippen LogP contribution in [0.5, 0.6) is 0 Å². The van der Waals surface area contributed by atoms with Gasteiger partial charge in [0.2, 0.25) is 0 Å². The highest BCUT2D eigenvalue weighted by Gasteiger charge is 2.31. The Balaban J connectivity index is 2.54. The maximum absolute atomic E-state index is 11.8. The third-order valence-electron chi connectivity index (χ3n) is 2.92. The number of hydrogen-bond acceptors (Lipinski definition) is 3. The molecule has 1 aliphatic rings. The van der Waals surface area contributed by atoms with Crippen LogP contribution in [0.15, 0.2) is 0 Å². The molecule has 0 heterocycles. The second kappa shape index (κ2) is 6.11. The van der Waals surface area contributed by atoms with Crippen LogP contribution in [-0.4, -0.2) is 24.7 Å². The van der Waals surface area contributed by atoms with Crippen molar-refractivity contribution in [3.05, 3.63) is 0 Å². The molecule has 1 atom stereocenters. The molecule has 0 amide bonds. The van der Waals surface area contributed by atoms with Crippen LogP contribution in [0, 0.1) is 5.92 Å². The van der Waals surface area contributed by atoms with E-state index >= 15 is 0 Å². The van der Waals surface area contributed by atoms with Gasteiger partial charge in [-0.05, 0) is 25.7 Å². The van der Waals surface area contributed by atoms with Gasteiger partial charge in [-0.2, -0.15) is 0 Å². The summed E-state index contributed by atoms with van der Waals surface area (Å²) in [4.78, 5) is 11.8. The van der Waals surface area contributed by atoms with Crippen molar-refractivity contribution in [3.8, 4) is 0 Å². The molecular weight excluding hydrogens is 190 g/mol. The first-order chi connectivity index (χ1) is 7.15. The summed E-state index contributed by atoms with van der Waals surface area (Å²) in [6.45, 7) is 6.48. The number of carbonyl (C=O) groups excluding carboxylic acids is 1. The van der Waals surface area contributed by atoms with Crippen molar-refractivity contribution < 1.29 is 9.53 Å². The first kappa shape index (κ1) is 12.5. The number of ether oxygens (including phenoxy) is 1. The van der Waals surface area contributed by atoms with Gasteiger partial charge in [0, 0.05) is 6.04 Å². The second-order valence-corrected chi connectivity index (χ2v) is 4.60. The van der Waals surface area contributed by atoms with Crippen molar-refractivity contribution in [1.29, 1.82) is 0 Å². The lowest BCUT2D eigenvalue weighted by Crippen LogP contribution is -2.46. The number of hydrogen-bond donors (Lipinski definition) is 1. The highest BCUT2D eigenvalue weighted by molar-refractivity contribution is 5.76. The minimum absolute atomic E-state index is 0.0712. The van der Waals surface area contributed by atoms with Crippen molar-refractivity contribution in [2.75, 3.05) is 6.61 Å². The first-order valence-electron chi connectivity index (χ1n) is 6.07. The van der Waals surface area contributed by atoms with Gasteiger partial charge in [-0.25, -0.2) is 0 Å². The molecule has 0 radical (unpaired) electrons. The van der Waals surface area contributed by atoms with E-state index in [-0.39, 0.29) is 12.0 Å². The molecule has 0 aliphatic heterocycles. The van der Waals surface area contributed by atoms with Gasteiger partial charge in [0.25, 0.3) is 0 Å². The van der Waals surface area contributed by atoms with Gasteiger partial charge in [-0.1, -0.05) is 26.7 Å². The monoisotopic (exact) mass is 213 g/mol. The third-order valence-corrected chi connectivity index (χ3v) is 2.92. The average Bonchev–Trinajstić information content (AvgIpc) is 2.66. The topological polar surface area (TPSA) is 38.3 Å². The molecule has 3 heteroatoms. The Kier molecular flexibility index (Phi) is 5.09. The van der Waals surface area contributed by atoms with Gasteiger partial charge < -0.3 is 10.1 Å². The maximum Gasteiger partial charge on any atom is 0.323 e. The van der Waals surface area contributed by atoms with E-state index in [0.29, 0.717) is 18.6 Å². The lowest BCUT2D eigenvalue weighted by molar-refractivity contribution is -0.147. The third kappa shape index (κ3) is 3.82. The molecule has 0 aromatic carbocycles. The van der Waals surface area contributed by atoms with Gasteiger partial charge in [0.05, 0.1) is 6.61 Å². The van der Waals surface area contributed by atoms with Gasteiger partial charge >= 0.3 is 5.97 Å². The predicted octanol–water partition coefficient (Wildman–Crippen LogP) is 2.11. The quantitative estimate of drug-likeness (QED) is 0.711. The zero-order chi connectivity index (χ0) is 11.3. The summed E-state index contributed by atoms with van der Waals surface area (Å²) < 4.78 is 5.12. The Morgan fingerprint density at radius 3 is 2.47 bits per heavy atom. The van der Waals surface area contributed by atoms with E-state index in [4.69, 9.17) is 4.74 Å². The van der Waals surface area contributed by atoms with Crippen LogP contribution >= 0.6 is 0 Å². The number of nitrogens with one attached hydrogen (secondary N) is 1. The SMILES string of the molecule is CCOC(=O)C(NC(C)C)C1CCCC1. The Labute approximate surface area is 92.6 Å². The molecule has 1 N–H and O–H groups in total. The highest BCUT2D eigenvalue weighted by atomic mass is 16.5. The van der Waals surface area contributed by atoms with Gasteiger partial charge in [0.15, 0.2) is 0 Å². The predicted molar refractivity (Wildman–Crippen MR) is 60.7 cm³/mol. The van der Waals surface area contributed by atoms with Crippen LogP contribution in [0.3, 0.4) is 0 Å². The van der Waals surface area contributed by atoms with E-state index in [0.717, 1.165) is 12.8 Å². The Morgan fingerprint density at radius 1 is 1.40 bits per heavy atom. The summed E-state index contributed by atoms with van der Waals surface area (Å²) >= 11 is 0. The van der Waals surface area contributed by atoms with Gasteiger partial charge in [-0.15, -0.1) is 0 Å². The fourth-order valence-corrected chi connectivity index (χ4v) is 2.28. The second-order valence-electron chi connectivity index (χ2n) is 4.60. The molecule has 1 fully saturated rings. The van der Waals surface area contributed by atoms with Crippen LogP contribution in [0.25, 0.3) is 0 Å². The number of rotatable bonds is 5. The smallest absolute Gasteiger partial charge is 0.323 e. The Hall–Kier alpha value is -0.570. The molecule has 1 rings (SSSR count). The molecule has 0 aromatic heterocycles. The first-order valence-corrected chi connectivity index (χ1v) is 6.07. The standard InChI is InChI=1S/C12H23NO2/c1-4-15-12(14)11(13-9(2)3)10-7-5-6-8-10/h9-11,13H,4-8H2,1-3H3. The van der Waals surface area contributed by atoms with Crippen molar-refractivity contribution in [3.63, 3.8) is 0 Å². The molecular formula is C12H23NO2. The Bertz CT molecular complexity index is 198. The molecule has 1 aliphatic carbocycles. The molecule has 0 saturated heterocycles. The van der Waals surface area contributed by atoms with E-state index in [2.05, 4.69) is 19.2 Å². The molecule has 15 heavy (non-hydrogen) atoms. The van der Waals surface area contributed by atoms with Crippen molar-refractivity contribution in [2.45, 2.75) is 58.5 Å². The fourth-order valence-electron chi connectivity index (χ4n) is 2.28. The van der Waals surface area contributed by atoms with E-state index in [1.807, 2.05) is 6.92 Å². The summed E-state index contributed by atoms with van der Waals surface area (Å²) in [6, 6.07) is 0.243. The lowest BCUT2D eigenvalue weighted by Gasteiger charge is -2.24. The number of carbonyl (C=O) groups is 1. The average molecular weight is 213 g/mol. The largest absolute Gasteiger partial charge is 0.465 e. The van der Waals surface area contributed by atoms with Crippen LogP contribution in [0.4, 0.5) is 0 Å². The van der Waals surface area contributed by atoms with E-state index in [1.54, 1.807) is 0 Å². The molecule has 1 unspecified atom stereocenters. The normalized spacial score (nSPS) is 19.5. The molecule has 0 aromatic rings. The van der Waals surface area contributed by atoms with E-state index in [9.17, 15) is 4.79 Å². The zero-order valence-corrected chi connectivity index (χ0v) is 10.1. The van der Waals surface area contributed by atoms with Crippen LogP contribution in [0.2, 0.25) is 0 Å². The van der Waals surface area contributed by atoms with Crippen LogP contribution in [0.1, 0.15) is 46.5 Å². The van der Waals surface area contributed by atoms with Crippen molar-refractivity contribution in [1.82, 2.24) is 5.32 Å². The highest BCUT2D eigenvalue weighted by Crippen LogP contribution is 2.28. The minimum atomic E-state index is -0.0903. The molecule has 0 bridgehead atoms. The summed E-state index contributed by atoms with van der Waals surface area (Å²) in [6.07, 6.45) is 4.81. The molecule has 0 spiro atoms. The van der Waals surface area contributed by atoms with Gasteiger partial charge in [0.1, 0.15) is 6.04 Å².